The van der Waals surface area contributed by atoms with Crippen LogP contribution in [-0.4, -0.2) is 0 Å². The van der Waals surface area contributed by atoms with E-state index in [1.54, 1.807) is 0 Å². The molecule has 0 bridgehead atoms. The SMILES string of the molecule is c1ccc2c(c1)-c1cccc[n+]1C21c2ccc3c(oc4ccccc43)c2-c2cccc[n+]21. The lowest BCUT2D eigenvalue weighted by Gasteiger charge is -2.16. The molecule has 0 amide bonds. The maximum atomic E-state index is 6.51. The summed E-state index contributed by atoms with van der Waals surface area (Å²) in [7, 11) is 0. The summed E-state index contributed by atoms with van der Waals surface area (Å²) in [5, 5.41) is 2.32. The highest BCUT2D eigenvalue weighted by Gasteiger charge is 2.66. The van der Waals surface area contributed by atoms with Crippen molar-refractivity contribution in [3.63, 3.8) is 0 Å². The number of hydrogen-bond acceptors (Lipinski definition) is 1. The van der Waals surface area contributed by atoms with Gasteiger partial charge in [0.2, 0.25) is 11.4 Å². The number of pyridine rings is 2. The Hall–Kier alpha value is -4.24. The van der Waals surface area contributed by atoms with Crippen molar-refractivity contribution in [1.29, 1.82) is 0 Å². The third-order valence-electron chi connectivity index (χ3n) is 7.17. The fraction of sp³-hybridized carbons (Fsp3) is 0.0345. The van der Waals surface area contributed by atoms with Gasteiger partial charge in [-0.3, -0.25) is 0 Å². The minimum atomic E-state index is -0.480. The number of nitrogens with zero attached hydrogens (tertiary/aromatic N) is 2. The molecule has 1 atom stereocenters. The molecule has 3 heteroatoms. The predicted molar refractivity (Wildman–Crippen MR) is 123 cm³/mol. The standard InChI is InChI=1S/C29H18N2O/c1-3-11-22-21(10-1)24-12-5-7-17-30(24)29(22)23-16-15-20-19-9-2-4-14-26(19)32-28(20)27(23)25-13-6-8-18-31(25)29/h1-18H/q+2. The van der Waals surface area contributed by atoms with Crippen LogP contribution < -0.4 is 9.13 Å². The maximum absolute atomic E-state index is 6.51. The van der Waals surface area contributed by atoms with Gasteiger partial charge in [-0.25, -0.2) is 0 Å². The monoisotopic (exact) mass is 410 g/mol. The molecule has 3 aromatic carbocycles. The third-order valence-corrected chi connectivity index (χ3v) is 7.17. The molecule has 3 aromatic heterocycles. The molecule has 6 aromatic rings. The van der Waals surface area contributed by atoms with E-state index in [1.807, 2.05) is 6.07 Å². The topological polar surface area (TPSA) is 20.9 Å². The molecule has 148 valence electrons. The Labute approximate surface area is 184 Å². The molecule has 0 saturated heterocycles. The Morgan fingerprint density at radius 3 is 2.19 bits per heavy atom. The van der Waals surface area contributed by atoms with Crippen molar-refractivity contribution < 1.29 is 13.6 Å². The molecule has 0 N–H and O–H groups in total. The molecule has 3 nitrogen and oxygen atoms in total. The minimum absolute atomic E-state index is 0.480. The van der Waals surface area contributed by atoms with E-state index in [2.05, 4.69) is 113 Å². The zero-order valence-corrected chi connectivity index (χ0v) is 17.2. The van der Waals surface area contributed by atoms with Gasteiger partial charge in [0.25, 0.3) is 0 Å². The van der Waals surface area contributed by atoms with E-state index in [9.17, 15) is 0 Å². The zero-order valence-electron chi connectivity index (χ0n) is 17.2. The van der Waals surface area contributed by atoms with Crippen LogP contribution in [0.1, 0.15) is 11.1 Å². The van der Waals surface area contributed by atoms with Gasteiger partial charge in [0.15, 0.2) is 12.4 Å². The van der Waals surface area contributed by atoms with Crippen LogP contribution >= 0.6 is 0 Å². The van der Waals surface area contributed by atoms with E-state index < -0.39 is 5.66 Å². The van der Waals surface area contributed by atoms with Crippen molar-refractivity contribution in [2.75, 3.05) is 0 Å². The molecule has 8 rings (SSSR count). The highest BCUT2D eigenvalue weighted by molar-refractivity contribution is 6.10. The fourth-order valence-corrected chi connectivity index (χ4v) is 6.00. The Morgan fingerprint density at radius 1 is 0.562 bits per heavy atom. The van der Waals surface area contributed by atoms with Gasteiger partial charge >= 0.3 is 5.66 Å². The molecule has 0 saturated carbocycles. The first-order valence-corrected chi connectivity index (χ1v) is 11.0. The summed E-state index contributed by atoms with van der Waals surface area (Å²) in [5.41, 5.74) is 8.80. The smallest absolute Gasteiger partial charge is 0.417 e. The van der Waals surface area contributed by atoms with Gasteiger partial charge in [0.1, 0.15) is 27.9 Å². The molecule has 5 heterocycles. The summed E-state index contributed by atoms with van der Waals surface area (Å²) in [5.74, 6) is 0. The highest BCUT2D eigenvalue weighted by atomic mass is 16.3. The Morgan fingerprint density at radius 2 is 1.28 bits per heavy atom. The Kier molecular flexibility index (Phi) is 2.83. The molecule has 2 aliphatic rings. The largest absolute Gasteiger partial charge is 0.455 e. The minimum Gasteiger partial charge on any atom is -0.455 e. The molecule has 0 radical (unpaired) electrons. The van der Waals surface area contributed by atoms with Gasteiger partial charge in [-0.15, -0.1) is 9.13 Å². The van der Waals surface area contributed by atoms with Crippen LogP contribution in [0.15, 0.2) is 114 Å². The van der Waals surface area contributed by atoms with Crippen LogP contribution in [0.3, 0.4) is 0 Å². The molecule has 2 aliphatic heterocycles. The molecule has 1 spiro atoms. The van der Waals surface area contributed by atoms with Crippen LogP contribution in [0.4, 0.5) is 0 Å². The number of para-hydroxylation sites is 1. The van der Waals surface area contributed by atoms with Gasteiger partial charge < -0.3 is 4.42 Å². The second-order valence-corrected chi connectivity index (χ2v) is 8.59. The van der Waals surface area contributed by atoms with E-state index in [0.717, 1.165) is 21.9 Å². The van der Waals surface area contributed by atoms with Crippen molar-refractivity contribution in [2.24, 2.45) is 0 Å². The molecule has 32 heavy (non-hydrogen) atoms. The second-order valence-electron chi connectivity index (χ2n) is 8.59. The molecule has 1 unspecified atom stereocenters. The molecule has 0 fully saturated rings. The highest BCUT2D eigenvalue weighted by Crippen LogP contribution is 2.49. The van der Waals surface area contributed by atoms with Crippen molar-refractivity contribution in [1.82, 2.24) is 0 Å². The number of furan rings is 1. The average Bonchev–Trinajstić information content (AvgIpc) is 3.48. The summed E-state index contributed by atoms with van der Waals surface area (Å²) in [4.78, 5) is 0. The number of fused-ring (bicyclic) bond motifs is 14. The summed E-state index contributed by atoms with van der Waals surface area (Å²) >= 11 is 0. The van der Waals surface area contributed by atoms with Gasteiger partial charge in [-0.2, -0.15) is 0 Å². The quantitative estimate of drug-likeness (QED) is 0.306. The lowest BCUT2D eigenvalue weighted by molar-refractivity contribution is -0.955. The van der Waals surface area contributed by atoms with E-state index >= 15 is 0 Å². The van der Waals surface area contributed by atoms with Gasteiger partial charge in [0, 0.05) is 35.0 Å². The predicted octanol–water partition coefficient (Wildman–Crippen LogP) is 5.42. The van der Waals surface area contributed by atoms with E-state index in [0.29, 0.717) is 0 Å². The first kappa shape index (κ1) is 16.5. The van der Waals surface area contributed by atoms with Crippen LogP contribution in [0.25, 0.3) is 44.5 Å². The van der Waals surface area contributed by atoms with Gasteiger partial charge in [-0.1, -0.05) is 30.3 Å². The van der Waals surface area contributed by atoms with Gasteiger partial charge in [-0.05, 0) is 42.5 Å². The van der Waals surface area contributed by atoms with Crippen LogP contribution in [0.5, 0.6) is 0 Å². The third kappa shape index (κ3) is 1.69. The summed E-state index contributed by atoms with van der Waals surface area (Å²) in [6.07, 6.45) is 4.41. The second kappa shape index (κ2) is 5.51. The first-order chi connectivity index (χ1) is 15.9. The Balaban J connectivity index is 1.62. The van der Waals surface area contributed by atoms with E-state index in [1.165, 1.54) is 33.6 Å². The summed E-state index contributed by atoms with van der Waals surface area (Å²) < 4.78 is 11.3. The van der Waals surface area contributed by atoms with Crippen LogP contribution in [0, 0.1) is 0 Å². The van der Waals surface area contributed by atoms with E-state index in [4.69, 9.17) is 4.42 Å². The van der Waals surface area contributed by atoms with Crippen molar-refractivity contribution in [2.45, 2.75) is 5.66 Å². The van der Waals surface area contributed by atoms with Crippen molar-refractivity contribution in [3.05, 3.63) is 121 Å². The Bertz CT molecular complexity index is 1700. The maximum Gasteiger partial charge on any atom is 0.417 e. The van der Waals surface area contributed by atoms with Crippen LogP contribution in [-0.2, 0) is 5.66 Å². The zero-order chi connectivity index (χ0) is 20.9. The lowest BCUT2D eigenvalue weighted by Crippen LogP contribution is -2.71. The normalized spacial score (nSPS) is 17.5. The number of aromatic nitrogens is 2. The lowest BCUT2D eigenvalue weighted by atomic mass is 9.89. The van der Waals surface area contributed by atoms with Crippen molar-refractivity contribution in [3.8, 4) is 22.5 Å². The molecular formula is C29H18N2O+2. The number of hydrogen-bond donors (Lipinski definition) is 0. The first-order valence-electron chi connectivity index (χ1n) is 11.0. The molecule has 0 aliphatic carbocycles. The van der Waals surface area contributed by atoms with Crippen molar-refractivity contribution >= 4 is 21.9 Å². The van der Waals surface area contributed by atoms with Crippen LogP contribution in [0.2, 0.25) is 0 Å². The summed E-state index contributed by atoms with van der Waals surface area (Å²) in [6, 6.07) is 34.5. The fourth-order valence-electron chi connectivity index (χ4n) is 6.00. The average molecular weight is 410 g/mol. The summed E-state index contributed by atoms with van der Waals surface area (Å²) in [6.45, 7) is 0. The number of rotatable bonds is 0. The molecular weight excluding hydrogens is 392 g/mol. The van der Waals surface area contributed by atoms with E-state index in [-0.39, 0.29) is 0 Å². The number of benzene rings is 3. The van der Waals surface area contributed by atoms with Gasteiger partial charge in [0.05, 0.1) is 5.56 Å².